The van der Waals surface area contributed by atoms with Gasteiger partial charge in [-0.15, -0.1) is 0 Å². The number of rotatable bonds is 8. The fourth-order valence-corrected chi connectivity index (χ4v) is 1.73. The molecule has 0 amide bonds. The van der Waals surface area contributed by atoms with Gasteiger partial charge in [0.1, 0.15) is 0 Å². The van der Waals surface area contributed by atoms with Crippen molar-refractivity contribution >= 4 is 0 Å². The summed E-state index contributed by atoms with van der Waals surface area (Å²) >= 11 is 0. The van der Waals surface area contributed by atoms with Gasteiger partial charge in [-0.3, -0.25) is 0 Å². The Morgan fingerprint density at radius 1 is 1.29 bits per heavy atom. The largest absolute Gasteiger partial charge is 0.329 e. The van der Waals surface area contributed by atoms with E-state index >= 15 is 0 Å². The highest BCUT2D eigenvalue weighted by molar-refractivity contribution is 4.87. The average molecular weight is 201 g/mol. The van der Waals surface area contributed by atoms with Crippen LogP contribution in [0.15, 0.2) is 0 Å². The summed E-state index contributed by atoms with van der Waals surface area (Å²) in [5, 5.41) is 3.60. The van der Waals surface area contributed by atoms with E-state index in [0.29, 0.717) is 0 Å². The number of likely N-dealkylation sites (N-methyl/N-ethyl adjacent to an activating group) is 1. The second-order valence-electron chi connectivity index (χ2n) is 4.32. The van der Waals surface area contributed by atoms with Crippen molar-refractivity contribution in [2.24, 2.45) is 5.73 Å². The molecule has 0 aromatic rings. The molecule has 0 saturated carbocycles. The Morgan fingerprint density at radius 2 is 1.93 bits per heavy atom. The fraction of sp³-hybridized carbons (Fsp3) is 1.00. The first-order valence-corrected chi connectivity index (χ1v) is 5.70. The van der Waals surface area contributed by atoms with Gasteiger partial charge in [0, 0.05) is 25.2 Å². The first-order valence-electron chi connectivity index (χ1n) is 5.70. The van der Waals surface area contributed by atoms with Crippen LogP contribution in [0.2, 0.25) is 0 Å². The van der Waals surface area contributed by atoms with Crippen molar-refractivity contribution in [3.8, 4) is 0 Å². The molecule has 1 atom stereocenters. The maximum Gasteiger partial charge on any atom is 0.0301 e. The highest BCUT2D eigenvalue weighted by atomic mass is 15.1. The molecule has 0 saturated heterocycles. The van der Waals surface area contributed by atoms with Crippen molar-refractivity contribution in [2.45, 2.75) is 38.6 Å². The van der Waals surface area contributed by atoms with Crippen LogP contribution in [0.3, 0.4) is 0 Å². The quantitative estimate of drug-likeness (QED) is 0.617. The Bertz CT molecular complexity index is 130. The molecule has 14 heavy (non-hydrogen) atoms. The van der Waals surface area contributed by atoms with E-state index in [1.54, 1.807) is 0 Å². The molecule has 0 heterocycles. The minimum Gasteiger partial charge on any atom is -0.329 e. The molecule has 86 valence electrons. The summed E-state index contributed by atoms with van der Waals surface area (Å²) in [5.74, 6) is 0. The third-order valence-electron chi connectivity index (χ3n) is 2.86. The van der Waals surface area contributed by atoms with Crippen LogP contribution in [0, 0.1) is 0 Å². The van der Waals surface area contributed by atoms with Gasteiger partial charge in [0.15, 0.2) is 0 Å². The number of hydrogen-bond acceptors (Lipinski definition) is 3. The van der Waals surface area contributed by atoms with Gasteiger partial charge < -0.3 is 16.0 Å². The van der Waals surface area contributed by atoms with Crippen molar-refractivity contribution < 1.29 is 0 Å². The summed E-state index contributed by atoms with van der Waals surface area (Å²) in [4.78, 5) is 2.19. The van der Waals surface area contributed by atoms with Crippen molar-refractivity contribution in [2.75, 3.05) is 33.7 Å². The van der Waals surface area contributed by atoms with Crippen molar-refractivity contribution in [1.82, 2.24) is 10.2 Å². The predicted molar refractivity (Wildman–Crippen MR) is 63.5 cm³/mol. The van der Waals surface area contributed by atoms with Gasteiger partial charge in [0.05, 0.1) is 0 Å². The molecule has 0 fully saturated rings. The zero-order chi connectivity index (χ0) is 11.0. The lowest BCUT2D eigenvalue weighted by Crippen LogP contribution is -2.52. The van der Waals surface area contributed by atoms with E-state index in [1.165, 1.54) is 12.8 Å². The standard InChI is InChI=1S/C11H27N3/c1-5-7-11(6-2,10-12)13-8-9-14(3)4/h13H,5-10,12H2,1-4H3. The Labute approximate surface area is 89.0 Å². The first-order chi connectivity index (χ1) is 6.60. The van der Waals surface area contributed by atoms with Gasteiger partial charge in [-0.05, 0) is 26.9 Å². The third-order valence-corrected chi connectivity index (χ3v) is 2.86. The zero-order valence-corrected chi connectivity index (χ0v) is 10.3. The smallest absolute Gasteiger partial charge is 0.0301 e. The Kier molecular flexibility index (Phi) is 7.15. The second kappa shape index (κ2) is 7.21. The summed E-state index contributed by atoms with van der Waals surface area (Å²) in [6.07, 6.45) is 3.48. The Morgan fingerprint density at radius 3 is 2.29 bits per heavy atom. The summed E-state index contributed by atoms with van der Waals surface area (Å²) in [5.41, 5.74) is 6.02. The summed E-state index contributed by atoms with van der Waals surface area (Å²) in [6.45, 7) is 7.27. The molecule has 3 heteroatoms. The monoisotopic (exact) mass is 201 g/mol. The summed E-state index contributed by atoms with van der Waals surface area (Å²) in [6, 6.07) is 0. The van der Waals surface area contributed by atoms with Crippen LogP contribution in [0.5, 0.6) is 0 Å². The topological polar surface area (TPSA) is 41.3 Å². The van der Waals surface area contributed by atoms with Crippen molar-refractivity contribution in [3.63, 3.8) is 0 Å². The second-order valence-corrected chi connectivity index (χ2v) is 4.32. The molecule has 0 bridgehead atoms. The van der Waals surface area contributed by atoms with Crippen LogP contribution in [0.4, 0.5) is 0 Å². The highest BCUT2D eigenvalue weighted by Crippen LogP contribution is 2.15. The molecule has 0 aliphatic carbocycles. The number of nitrogens with two attached hydrogens (primary N) is 1. The van der Waals surface area contributed by atoms with E-state index in [-0.39, 0.29) is 5.54 Å². The van der Waals surface area contributed by atoms with Crippen LogP contribution < -0.4 is 11.1 Å². The number of nitrogens with zero attached hydrogens (tertiary/aromatic N) is 1. The minimum atomic E-state index is 0.171. The maximum absolute atomic E-state index is 5.85. The molecular formula is C11H27N3. The van der Waals surface area contributed by atoms with Crippen molar-refractivity contribution in [3.05, 3.63) is 0 Å². The summed E-state index contributed by atoms with van der Waals surface area (Å²) < 4.78 is 0. The van der Waals surface area contributed by atoms with Gasteiger partial charge >= 0.3 is 0 Å². The predicted octanol–water partition coefficient (Wildman–Crippen LogP) is 1.05. The SMILES string of the molecule is CCCC(CC)(CN)NCCN(C)C. The molecule has 3 N–H and O–H groups in total. The van der Waals surface area contributed by atoms with E-state index in [4.69, 9.17) is 5.73 Å². The lowest BCUT2D eigenvalue weighted by atomic mass is 9.90. The van der Waals surface area contributed by atoms with E-state index in [0.717, 1.165) is 26.1 Å². The molecule has 0 aromatic carbocycles. The van der Waals surface area contributed by atoms with Gasteiger partial charge in [0.25, 0.3) is 0 Å². The summed E-state index contributed by atoms with van der Waals surface area (Å²) in [7, 11) is 4.19. The van der Waals surface area contributed by atoms with Crippen LogP contribution >= 0.6 is 0 Å². The van der Waals surface area contributed by atoms with Gasteiger partial charge in [0.2, 0.25) is 0 Å². The lowest BCUT2D eigenvalue weighted by Gasteiger charge is -2.33. The maximum atomic E-state index is 5.85. The van der Waals surface area contributed by atoms with Gasteiger partial charge in [-0.25, -0.2) is 0 Å². The van der Waals surface area contributed by atoms with Gasteiger partial charge in [-0.2, -0.15) is 0 Å². The number of nitrogens with one attached hydrogen (secondary N) is 1. The van der Waals surface area contributed by atoms with E-state index in [9.17, 15) is 0 Å². The Balaban J connectivity index is 3.94. The normalized spacial score (nSPS) is 15.9. The van der Waals surface area contributed by atoms with Crippen LogP contribution in [0.1, 0.15) is 33.1 Å². The van der Waals surface area contributed by atoms with Crippen LogP contribution in [-0.2, 0) is 0 Å². The number of hydrogen-bond donors (Lipinski definition) is 2. The Hall–Kier alpha value is -0.120. The van der Waals surface area contributed by atoms with Crippen molar-refractivity contribution in [1.29, 1.82) is 0 Å². The van der Waals surface area contributed by atoms with E-state index < -0.39 is 0 Å². The lowest BCUT2D eigenvalue weighted by molar-refractivity contribution is 0.278. The molecule has 0 radical (unpaired) electrons. The molecule has 0 aromatic heterocycles. The first kappa shape index (κ1) is 13.9. The minimum absolute atomic E-state index is 0.171. The van der Waals surface area contributed by atoms with Crippen LogP contribution in [-0.4, -0.2) is 44.2 Å². The van der Waals surface area contributed by atoms with E-state index in [1.807, 2.05) is 0 Å². The van der Waals surface area contributed by atoms with E-state index in [2.05, 4.69) is 38.2 Å². The fourth-order valence-electron chi connectivity index (χ4n) is 1.73. The molecule has 0 aliphatic heterocycles. The third kappa shape index (κ3) is 4.94. The molecule has 1 unspecified atom stereocenters. The zero-order valence-electron chi connectivity index (χ0n) is 10.3. The van der Waals surface area contributed by atoms with Crippen LogP contribution in [0.25, 0.3) is 0 Å². The highest BCUT2D eigenvalue weighted by Gasteiger charge is 2.23. The molecule has 0 spiro atoms. The molecular weight excluding hydrogens is 174 g/mol. The molecule has 3 nitrogen and oxygen atoms in total. The average Bonchev–Trinajstić information content (AvgIpc) is 2.16. The molecule has 0 aliphatic rings. The van der Waals surface area contributed by atoms with Gasteiger partial charge in [-0.1, -0.05) is 20.3 Å². The molecule has 0 rings (SSSR count).